The normalized spacial score (nSPS) is 11.9. The van der Waals surface area contributed by atoms with E-state index in [2.05, 4.69) is 11.4 Å². The lowest BCUT2D eigenvalue weighted by Crippen LogP contribution is -2.25. The Morgan fingerprint density at radius 1 is 1.19 bits per heavy atom. The number of carbonyl (C=O) groups is 1. The Bertz CT molecular complexity index is 969. The van der Waals surface area contributed by atoms with E-state index in [9.17, 15) is 4.79 Å². The number of nitrogens with one attached hydrogen (secondary N) is 1. The highest BCUT2D eigenvalue weighted by atomic mass is 16.1. The van der Waals surface area contributed by atoms with Gasteiger partial charge in [0, 0.05) is 29.9 Å². The number of rotatable bonds is 6. The first-order chi connectivity index (χ1) is 13.2. The molecule has 3 rings (SSSR count). The Morgan fingerprint density at radius 3 is 2.52 bits per heavy atom. The van der Waals surface area contributed by atoms with Crippen LogP contribution < -0.4 is 5.32 Å². The van der Waals surface area contributed by atoms with E-state index >= 15 is 0 Å². The van der Waals surface area contributed by atoms with Crippen LogP contribution in [0, 0.1) is 17.2 Å². The molecular weight excluding hydrogens is 336 g/mol. The van der Waals surface area contributed by atoms with E-state index in [4.69, 9.17) is 10.4 Å². The van der Waals surface area contributed by atoms with Crippen LogP contribution in [0.1, 0.15) is 12.5 Å². The summed E-state index contributed by atoms with van der Waals surface area (Å²) in [5, 5.41) is 16.2. The molecule has 0 spiro atoms. The average molecular weight is 356 g/mol. The second-order valence-electron chi connectivity index (χ2n) is 6.19. The lowest BCUT2D eigenvalue weighted by Gasteiger charge is -2.02. The van der Waals surface area contributed by atoms with Crippen molar-refractivity contribution in [3.63, 3.8) is 0 Å². The number of benzene rings is 2. The summed E-state index contributed by atoms with van der Waals surface area (Å²) in [6.45, 7) is 2.09. The summed E-state index contributed by atoms with van der Waals surface area (Å²) in [5.41, 5.74) is 3.56. The maximum absolute atomic E-state index is 12.0. The second kappa shape index (κ2) is 8.63. The van der Waals surface area contributed by atoms with E-state index in [0.29, 0.717) is 6.54 Å². The highest BCUT2D eigenvalue weighted by Gasteiger charge is 2.10. The van der Waals surface area contributed by atoms with Crippen LogP contribution in [0.15, 0.2) is 72.9 Å². The largest absolute Gasteiger partial charge is 0.351 e. The Morgan fingerprint density at radius 2 is 1.85 bits per heavy atom. The Hall–Kier alpha value is -3.65. The molecule has 0 aliphatic heterocycles. The van der Waals surface area contributed by atoms with E-state index in [1.807, 2.05) is 66.9 Å². The summed E-state index contributed by atoms with van der Waals surface area (Å²) in [4.78, 5) is 12.0. The predicted molar refractivity (Wildman–Crippen MR) is 106 cm³/mol. The van der Waals surface area contributed by atoms with Crippen molar-refractivity contribution in [3.8, 4) is 23.0 Å². The minimum Gasteiger partial charge on any atom is -0.351 e. The quantitative estimate of drug-likeness (QED) is 0.682. The molecule has 0 fully saturated rings. The topological polar surface area (TPSA) is 70.7 Å². The third-order valence-electron chi connectivity index (χ3n) is 4.03. The minimum absolute atomic E-state index is 0.219. The number of carbonyl (C=O) groups excluding carboxylic acids is 1. The molecule has 0 radical (unpaired) electrons. The van der Waals surface area contributed by atoms with Gasteiger partial charge in [-0.3, -0.25) is 4.79 Å². The summed E-state index contributed by atoms with van der Waals surface area (Å²) in [5.74, 6) is -0.452. The molecule has 0 saturated carbocycles. The molecule has 1 amide bonds. The van der Waals surface area contributed by atoms with E-state index in [1.165, 1.54) is 6.08 Å². The van der Waals surface area contributed by atoms with Crippen LogP contribution in [-0.2, 0) is 4.79 Å². The van der Waals surface area contributed by atoms with Gasteiger partial charge in [0.1, 0.15) is 0 Å². The maximum atomic E-state index is 12.0. The molecule has 3 aromatic rings. The number of aromatic nitrogens is 2. The first kappa shape index (κ1) is 18.2. The van der Waals surface area contributed by atoms with Crippen molar-refractivity contribution >= 4 is 12.0 Å². The summed E-state index contributed by atoms with van der Waals surface area (Å²) < 4.78 is 1.80. The molecule has 2 aromatic carbocycles. The monoisotopic (exact) mass is 356 g/mol. The molecule has 0 saturated heterocycles. The maximum Gasteiger partial charge on any atom is 0.244 e. The fourth-order valence-electron chi connectivity index (χ4n) is 2.57. The van der Waals surface area contributed by atoms with Crippen LogP contribution in [-0.4, -0.2) is 22.2 Å². The Labute approximate surface area is 158 Å². The molecule has 1 unspecified atom stereocenters. The van der Waals surface area contributed by atoms with Gasteiger partial charge in [-0.15, -0.1) is 0 Å². The van der Waals surface area contributed by atoms with Crippen LogP contribution >= 0.6 is 0 Å². The van der Waals surface area contributed by atoms with Crippen molar-refractivity contribution in [1.29, 1.82) is 5.26 Å². The van der Waals surface area contributed by atoms with E-state index in [1.54, 1.807) is 17.7 Å². The van der Waals surface area contributed by atoms with Crippen molar-refractivity contribution < 1.29 is 4.79 Å². The van der Waals surface area contributed by atoms with Crippen molar-refractivity contribution in [2.75, 3.05) is 6.54 Å². The van der Waals surface area contributed by atoms with Crippen LogP contribution in [0.4, 0.5) is 0 Å². The van der Waals surface area contributed by atoms with Gasteiger partial charge in [0.2, 0.25) is 5.91 Å². The van der Waals surface area contributed by atoms with Gasteiger partial charge in [-0.25, -0.2) is 4.68 Å². The molecule has 0 bridgehead atoms. The van der Waals surface area contributed by atoms with Gasteiger partial charge >= 0.3 is 0 Å². The number of para-hydroxylation sites is 1. The molecule has 1 atom stereocenters. The Balaban J connectivity index is 1.89. The highest BCUT2D eigenvalue weighted by molar-refractivity contribution is 5.92. The van der Waals surface area contributed by atoms with Crippen molar-refractivity contribution in [1.82, 2.24) is 15.1 Å². The minimum atomic E-state index is -0.233. The van der Waals surface area contributed by atoms with Gasteiger partial charge < -0.3 is 5.32 Å². The van der Waals surface area contributed by atoms with Gasteiger partial charge in [0.15, 0.2) is 0 Å². The number of nitriles is 1. The molecular formula is C22H20N4O. The number of amides is 1. The molecule has 134 valence electrons. The van der Waals surface area contributed by atoms with E-state index < -0.39 is 0 Å². The molecule has 0 aliphatic rings. The van der Waals surface area contributed by atoms with E-state index in [0.717, 1.165) is 22.5 Å². The standard InChI is InChI=1S/C22H20N4O/c1-17(14-23)15-24-21(27)13-12-19-16-26(20-10-6-3-7-11-20)25-22(19)18-8-4-2-5-9-18/h2-13,16-17H,15H2,1H3,(H,24,27)/b13-12+. The number of nitrogens with zero attached hydrogens (tertiary/aromatic N) is 3. The smallest absolute Gasteiger partial charge is 0.244 e. The summed E-state index contributed by atoms with van der Waals surface area (Å²) in [6.07, 6.45) is 5.13. The van der Waals surface area contributed by atoms with Crippen LogP contribution in [0.2, 0.25) is 0 Å². The SMILES string of the molecule is CC(C#N)CNC(=O)/C=C/c1cn(-c2ccccc2)nc1-c1ccccc1. The predicted octanol–water partition coefficient (Wildman–Crippen LogP) is 3.83. The van der Waals surface area contributed by atoms with Crippen molar-refractivity contribution in [3.05, 3.63) is 78.5 Å². The van der Waals surface area contributed by atoms with Crippen molar-refractivity contribution in [2.24, 2.45) is 5.92 Å². The zero-order valence-electron chi connectivity index (χ0n) is 15.0. The van der Waals surface area contributed by atoms with Crippen molar-refractivity contribution in [2.45, 2.75) is 6.92 Å². The molecule has 0 aliphatic carbocycles. The van der Waals surface area contributed by atoms with Gasteiger partial charge in [-0.1, -0.05) is 48.5 Å². The van der Waals surface area contributed by atoms with Gasteiger partial charge in [-0.05, 0) is 25.1 Å². The summed E-state index contributed by atoms with van der Waals surface area (Å²) in [7, 11) is 0. The third-order valence-corrected chi connectivity index (χ3v) is 4.03. The summed E-state index contributed by atoms with van der Waals surface area (Å²) in [6, 6.07) is 21.8. The zero-order valence-corrected chi connectivity index (χ0v) is 15.0. The molecule has 1 N–H and O–H groups in total. The zero-order chi connectivity index (χ0) is 19.1. The lowest BCUT2D eigenvalue weighted by atomic mass is 10.1. The lowest BCUT2D eigenvalue weighted by molar-refractivity contribution is -0.116. The van der Waals surface area contributed by atoms with Crippen LogP contribution in [0.25, 0.3) is 23.0 Å². The van der Waals surface area contributed by atoms with Gasteiger partial charge in [0.25, 0.3) is 0 Å². The van der Waals surface area contributed by atoms with Crippen LogP contribution in [0.5, 0.6) is 0 Å². The number of hydrogen-bond donors (Lipinski definition) is 1. The summed E-state index contributed by atoms with van der Waals surface area (Å²) >= 11 is 0. The fourth-order valence-corrected chi connectivity index (χ4v) is 2.57. The molecule has 5 nitrogen and oxygen atoms in total. The average Bonchev–Trinajstić information content (AvgIpc) is 3.16. The van der Waals surface area contributed by atoms with Crippen LogP contribution in [0.3, 0.4) is 0 Å². The molecule has 1 heterocycles. The van der Waals surface area contributed by atoms with Gasteiger partial charge in [0.05, 0.1) is 23.4 Å². The molecule has 1 aromatic heterocycles. The third kappa shape index (κ3) is 4.71. The first-order valence-corrected chi connectivity index (χ1v) is 8.73. The second-order valence-corrected chi connectivity index (χ2v) is 6.19. The molecule has 27 heavy (non-hydrogen) atoms. The Kier molecular flexibility index (Phi) is 5.80. The fraction of sp³-hybridized carbons (Fsp3) is 0.136. The highest BCUT2D eigenvalue weighted by Crippen LogP contribution is 2.24. The molecule has 5 heteroatoms. The number of hydrogen-bond acceptors (Lipinski definition) is 3. The first-order valence-electron chi connectivity index (χ1n) is 8.73. The van der Waals surface area contributed by atoms with E-state index in [-0.39, 0.29) is 11.8 Å². The van der Waals surface area contributed by atoms with Gasteiger partial charge in [-0.2, -0.15) is 10.4 Å².